The third kappa shape index (κ3) is 2.92. The molecular formula is CH5N2Na. The molecule has 0 saturated heterocycles. The topological polar surface area (TPSA) is 38.0 Å². The second kappa shape index (κ2) is 3.92. The van der Waals surface area contributed by atoms with Crippen LogP contribution in [-0.2, 0) is 0 Å². The Morgan fingerprint density at radius 3 is 2.25 bits per heavy atom. The van der Waals surface area contributed by atoms with Gasteiger partial charge in [-0.25, -0.2) is 0 Å². The van der Waals surface area contributed by atoms with Crippen LogP contribution >= 0.6 is 0 Å². The summed E-state index contributed by atoms with van der Waals surface area (Å²) in [6.45, 7) is 0. The van der Waals surface area contributed by atoms with Crippen molar-refractivity contribution in [1.29, 1.82) is 0 Å². The molecule has 0 aliphatic heterocycles. The second-order valence-corrected chi connectivity index (χ2v) is 1.26. The van der Waals surface area contributed by atoms with Crippen LogP contribution in [0.1, 0.15) is 0 Å². The first-order chi connectivity index (χ1) is 1.91. The second-order valence-electron chi connectivity index (χ2n) is 0.558. The van der Waals surface area contributed by atoms with E-state index >= 15 is 0 Å². The van der Waals surface area contributed by atoms with Gasteiger partial charge in [-0.1, -0.05) is 0 Å². The molecule has 3 heteroatoms. The van der Waals surface area contributed by atoms with Crippen molar-refractivity contribution in [1.82, 2.24) is 5.43 Å². The summed E-state index contributed by atoms with van der Waals surface area (Å²) < 4.78 is 0.986. The van der Waals surface area contributed by atoms with Crippen LogP contribution in [0.3, 0.4) is 0 Å². The predicted octanol–water partition coefficient (Wildman–Crippen LogP) is -1.42. The summed E-state index contributed by atoms with van der Waals surface area (Å²) in [5.74, 6) is 4.81. The Morgan fingerprint density at radius 2 is 2.25 bits per heavy atom. The van der Waals surface area contributed by atoms with Crippen LogP contribution in [0.2, 0.25) is 0 Å². The summed E-state index contributed by atoms with van der Waals surface area (Å²) in [6.07, 6.45) is 0. The van der Waals surface area contributed by atoms with Gasteiger partial charge in [-0.05, 0) is 0 Å². The Kier molecular flexibility index (Phi) is 4.82. The fourth-order valence-corrected chi connectivity index (χ4v) is 0. The molecule has 2 nitrogen and oxygen atoms in total. The van der Waals surface area contributed by atoms with Gasteiger partial charge < -0.3 is 0 Å². The third-order valence-corrected chi connectivity index (χ3v) is 0.612. The summed E-state index contributed by atoms with van der Waals surface area (Å²) >= 11 is 1.15. The van der Waals surface area contributed by atoms with Gasteiger partial charge in [0.1, 0.15) is 0 Å². The molecule has 0 saturated carbocycles. The van der Waals surface area contributed by atoms with Gasteiger partial charge in [0.05, 0.1) is 0 Å². The number of rotatable bonds is 1. The van der Waals surface area contributed by atoms with E-state index in [1.165, 1.54) is 0 Å². The molecule has 0 aliphatic rings. The molecule has 0 aromatic heterocycles. The molecule has 0 atom stereocenters. The Hall–Kier alpha value is 0.920. The van der Waals surface area contributed by atoms with E-state index in [9.17, 15) is 0 Å². The standard InChI is InChI=1S/CH5N2.Na/c1-3-2;/h3H,1-2H2;. The number of nitrogens with one attached hydrogen (secondary N) is 1. The van der Waals surface area contributed by atoms with E-state index in [2.05, 4.69) is 5.43 Å². The van der Waals surface area contributed by atoms with Crippen LogP contribution in [0, 0.1) is 0 Å². The minimum absolute atomic E-state index is 0.986. The first-order valence-corrected chi connectivity index (χ1v) is 2.76. The molecule has 0 aliphatic carbocycles. The monoisotopic (exact) mass is 68.0 g/mol. The van der Waals surface area contributed by atoms with Crippen LogP contribution in [-0.4, -0.2) is 31.7 Å². The van der Waals surface area contributed by atoms with E-state index in [1.807, 2.05) is 0 Å². The van der Waals surface area contributed by atoms with Crippen LogP contribution in [0.25, 0.3) is 0 Å². The van der Waals surface area contributed by atoms with Crippen molar-refractivity contribution < 1.29 is 0 Å². The molecule has 0 bridgehead atoms. The molecule has 0 unspecified atom stereocenters. The minimum atomic E-state index is 0.986. The predicted molar refractivity (Wildman–Crippen MR) is 17.9 cm³/mol. The number of hydrogen-bond donors (Lipinski definition) is 2. The van der Waals surface area contributed by atoms with Crippen LogP contribution < -0.4 is 11.3 Å². The zero-order valence-corrected chi connectivity index (χ0v) is 4.78. The van der Waals surface area contributed by atoms with Crippen molar-refractivity contribution in [2.75, 3.05) is 3.79 Å². The summed E-state index contributed by atoms with van der Waals surface area (Å²) in [4.78, 5) is 0. The molecule has 0 rings (SSSR count). The maximum atomic E-state index is 4.81. The van der Waals surface area contributed by atoms with Gasteiger partial charge in [0.25, 0.3) is 0 Å². The summed E-state index contributed by atoms with van der Waals surface area (Å²) in [7, 11) is 0. The normalized spacial score (nSPS) is 7.75. The van der Waals surface area contributed by atoms with E-state index in [1.54, 1.807) is 0 Å². The Morgan fingerprint density at radius 1 is 2.00 bits per heavy atom. The van der Waals surface area contributed by atoms with E-state index in [0.29, 0.717) is 0 Å². The average Bonchev–Trinajstić information content (AvgIpc) is 1.37. The molecule has 0 aromatic rings. The Bertz CT molecular complexity index is 8.00. The van der Waals surface area contributed by atoms with Gasteiger partial charge in [-0.2, -0.15) is 0 Å². The molecule has 3 N–H and O–H groups in total. The summed E-state index contributed by atoms with van der Waals surface area (Å²) in [5, 5.41) is 0. The van der Waals surface area contributed by atoms with Gasteiger partial charge in [0.15, 0.2) is 0 Å². The molecule has 0 amide bonds. The van der Waals surface area contributed by atoms with Crippen LogP contribution in [0.15, 0.2) is 0 Å². The number of nitrogens with two attached hydrogens (primary N) is 1. The van der Waals surface area contributed by atoms with E-state index in [4.69, 9.17) is 5.84 Å². The van der Waals surface area contributed by atoms with Crippen molar-refractivity contribution in [3.05, 3.63) is 0 Å². The average molecular weight is 68.1 g/mol. The van der Waals surface area contributed by atoms with Gasteiger partial charge in [-0.3, -0.25) is 0 Å². The van der Waals surface area contributed by atoms with Gasteiger partial charge in [0.2, 0.25) is 0 Å². The van der Waals surface area contributed by atoms with Crippen molar-refractivity contribution in [3.63, 3.8) is 0 Å². The fourth-order valence-electron chi connectivity index (χ4n) is 0. The maximum absolute atomic E-state index is 4.81. The van der Waals surface area contributed by atoms with Crippen molar-refractivity contribution in [2.45, 2.75) is 0 Å². The van der Waals surface area contributed by atoms with Gasteiger partial charge in [0, 0.05) is 0 Å². The summed E-state index contributed by atoms with van der Waals surface area (Å²) in [5.41, 5.74) is 2.49. The zero-order chi connectivity index (χ0) is 3.41. The molecule has 0 heterocycles. The van der Waals surface area contributed by atoms with Crippen molar-refractivity contribution in [2.24, 2.45) is 5.84 Å². The van der Waals surface area contributed by atoms with Crippen molar-refractivity contribution >= 4 is 27.9 Å². The van der Waals surface area contributed by atoms with Crippen LogP contribution in [0.4, 0.5) is 0 Å². The van der Waals surface area contributed by atoms with Gasteiger partial charge in [-0.15, -0.1) is 0 Å². The molecule has 0 fully saturated rings. The van der Waals surface area contributed by atoms with Crippen molar-refractivity contribution in [3.8, 4) is 0 Å². The quantitative estimate of drug-likeness (QED) is 0.225. The zero-order valence-electron chi connectivity index (χ0n) is 2.78. The summed E-state index contributed by atoms with van der Waals surface area (Å²) in [6, 6.07) is 0. The SMILES string of the molecule is NN[CH2][Na]. The molecular weight excluding hydrogens is 63.0 g/mol. The first-order valence-electron chi connectivity index (χ1n) is 1.35. The van der Waals surface area contributed by atoms with E-state index < -0.39 is 0 Å². The Balaban J connectivity index is 1.97. The molecule has 4 heavy (non-hydrogen) atoms. The number of hydrazine groups is 1. The third-order valence-electron chi connectivity index (χ3n) is 0.204. The Labute approximate surface area is 43.1 Å². The van der Waals surface area contributed by atoms with E-state index in [-0.39, 0.29) is 0 Å². The first kappa shape index (κ1) is 4.92. The number of hydrogen-bond acceptors (Lipinski definition) is 2. The fraction of sp³-hybridized carbons (Fsp3) is 1.00. The van der Waals surface area contributed by atoms with Crippen LogP contribution in [0.5, 0.6) is 0 Å². The van der Waals surface area contributed by atoms with Gasteiger partial charge >= 0.3 is 43.0 Å². The molecule has 20 valence electrons. The molecule has 0 aromatic carbocycles. The molecule has 0 spiro atoms. The van der Waals surface area contributed by atoms with E-state index in [0.717, 1.165) is 31.7 Å². The molecule has 0 radical (unpaired) electrons.